The summed E-state index contributed by atoms with van der Waals surface area (Å²) in [6.07, 6.45) is 2.48. The molecule has 0 radical (unpaired) electrons. The predicted molar refractivity (Wildman–Crippen MR) is 62.5 cm³/mol. The fourth-order valence-corrected chi connectivity index (χ4v) is 1.55. The van der Waals surface area contributed by atoms with Crippen LogP contribution in [-0.2, 0) is 6.42 Å². The maximum Gasteiger partial charge on any atom is -0.00232 e. The number of nitrogens with one attached hydrogen (secondary N) is 1. The average molecular weight is 191 g/mol. The van der Waals surface area contributed by atoms with Gasteiger partial charge in [0, 0.05) is 0 Å². The van der Waals surface area contributed by atoms with Crippen molar-refractivity contribution in [2.45, 2.75) is 26.7 Å². The molecule has 1 rings (SSSR count). The average Bonchev–Trinajstić information content (AvgIpc) is 2.25. The third kappa shape index (κ3) is 4.43. The molecule has 0 spiro atoms. The van der Waals surface area contributed by atoms with Gasteiger partial charge in [0.15, 0.2) is 0 Å². The van der Waals surface area contributed by atoms with E-state index in [1.807, 2.05) is 0 Å². The first-order valence-corrected chi connectivity index (χ1v) is 5.57. The molecule has 0 saturated heterocycles. The van der Waals surface area contributed by atoms with E-state index in [2.05, 4.69) is 49.5 Å². The molecule has 0 fully saturated rings. The minimum absolute atomic E-state index is 0.773. The molecule has 0 aromatic heterocycles. The van der Waals surface area contributed by atoms with Gasteiger partial charge in [0.2, 0.25) is 0 Å². The number of rotatable bonds is 6. The number of benzene rings is 1. The Hall–Kier alpha value is -0.820. The topological polar surface area (TPSA) is 12.0 Å². The van der Waals surface area contributed by atoms with Crippen LogP contribution in [-0.4, -0.2) is 13.1 Å². The second-order valence-electron chi connectivity index (χ2n) is 3.94. The SMILES string of the molecule is CCNCC(C)CCc1ccccc1. The molecule has 0 heterocycles. The van der Waals surface area contributed by atoms with E-state index < -0.39 is 0 Å². The van der Waals surface area contributed by atoms with Gasteiger partial charge in [-0.3, -0.25) is 0 Å². The van der Waals surface area contributed by atoms with Gasteiger partial charge in [-0.05, 0) is 37.4 Å². The minimum atomic E-state index is 0.773. The minimum Gasteiger partial charge on any atom is -0.317 e. The molecule has 1 atom stereocenters. The van der Waals surface area contributed by atoms with E-state index in [1.165, 1.54) is 18.4 Å². The Balaban J connectivity index is 2.20. The zero-order valence-electron chi connectivity index (χ0n) is 9.29. The maximum absolute atomic E-state index is 3.38. The summed E-state index contributed by atoms with van der Waals surface area (Å²) in [5.41, 5.74) is 1.45. The van der Waals surface area contributed by atoms with E-state index in [4.69, 9.17) is 0 Å². The molecule has 78 valence electrons. The van der Waals surface area contributed by atoms with Crippen LogP contribution in [0.1, 0.15) is 25.8 Å². The molecule has 0 saturated carbocycles. The van der Waals surface area contributed by atoms with Crippen LogP contribution in [0, 0.1) is 5.92 Å². The third-order valence-corrected chi connectivity index (χ3v) is 2.51. The molecule has 0 amide bonds. The molecular formula is C13H21N. The summed E-state index contributed by atoms with van der Waals surface area (Å²) >= 11 is 0. The molecule has 1 heteroatoms. The molecule has 1 aromatic carbocycles. The Bertz CT molecular complexity index is 230. The van der Waals surface area contributed by atoms with Crippen LogP contribution in [0.25, 0.3) is 0 Å². The number of hydrogen-bond donors (Lipinski definition) is 1. The van der Waals surface area contributed by atoms with Gasteiger partial charge in [-0.25, -0.2) is 0 Å². The van der Waals surface area contributed by atoms with Gasteiger partial charge >= 0.3 is 0 Å². The summed E-state index contributed by atoms with van der Waals surface area (Å²) in [5.74, 6) is 0.773. The van der Waals surface area contributed by atoms with Gasteiger partial charge in [0.05, 0.1) is 0 Å². The zero-order chi connectivity index (χ0) is 10.2. The second kappa shape index (κ2) is 6.61. The van der Waals surface area contributed by atoms with E-state index in [9.17, 15) is 0 Å². The van der Waals surface area contributed by atoms with E-state index >= 15 is 0 Å². The van der Waals surface area contributed by atoms with Gasteiger partial charge in [0.1, 0.15) is 0 Å². The summed E-state index contributed by atoms with van der Waals surface area (Å²) < 4.78 is 0. The van der Waals surface area contributed by atoms with Crippen LogP contribution < -0.4 is 5.32 Å². The molecule has 0 aliphatic rings. The lowest BCUT2D eigenvalue weighted by Gasteiger charge is -2.11. The van der Waals surface area contributed by atoms with Crippen molar-refractivity contribution in [2.24, 2.45) is 5.92 Å². The van der Waals surface area contributed by atoms with Crippen molar-refractivity contribution in [1.29, 1.82) is 0 Å². The zero-order valence-corrected chi connectivity index (χ0v) is 9.29. The number of aryl methyl sites for hydroxylation is 1. The fourth-order valence-electron chi connectivity index (χ4n) is 1.55. The van der Waals surface area contributed by atoms with Gasteiger partial charge in [-0.15, -0.1) is 0 Å². The summed E-state index contributed by atoms with van der Waals surface area (Å²) in [7, 11) is 0. The van der Waals surface area contributed by atoms with Gasteiger partial charge in [-0.2, -0.15) is 0 Å². The van der Waals surface area contributed by atoms with Crippen molar-refractivity contribution in [3.8, 4) is 0 Å². The molecule has 0 bridgehead atoms. The first-order chi connectivity index (χ1) is 6.83. The van der Waals surface area contributed by atoms with E-state index in [1.54, 1.807) is 0 Å². The highest BCUT2D eigenvalue weighted by molar-refractivity contribution is 5.14. The summed E-state index contributed by atoms with van der Waals surface area (Å²) in [5, 5.41) is 3.38. The van der Waals surface area contributed by atoms with Crippen LogP contribution in [0.4, 0.5) is 0 Å². The second-order valence-corrected chi connectivity index (χ2v) is 3.94. The summed E-state index contributed by atoms with van der Waals surface area (Å²) in [6.45, 7) is 6.69. The van der Waals surface area contributed by atoms with E-state index in [0.29, 0.717) is 0 Å². The molecular weight excluding hydrogens is 170 g/mol. The highest BCUT2D eigenvalue weighted by Crippen LogP contribution is 2.08. The van der Waals surface area contributed by atoms with Crippen LogP contribution in [0.5, 0.6) is 0 Å². The molecule has 1 nitrogen and oxygen atoms in total. The van der Waals surface area contributed by atoms with E-state index in [-0.39, 0.29) is 0 Å². The standard InChI is InChI=1S/C13H21N/c1-3-14-11-12(2)9-10-13-7-5-4-6-8-13/h4-8,12,14H,3,9-11H2,1-2H3. The van der Waals surface area contributed by atoms with Gasteiger partial charge in [-0.1, -0.05) is 44.2 Å². The van der Waals surface area contributed by atoms with Crippen molar-refractivity contribution in [2.75, 3.05) is 13.1 Å². The van der Waals surface area contributed by atoms with Crippen molar-refractivity contribution >= 4 is 0 Å². The first kappa shape index (κ1) is 11.3. The molecule has 14 heavy (non-hydrogen) atoms. The Morgan fingerprint density at radius 2 is 1.93 bits per heavy atom. The van der Waals surface area contributed by atoms with Crippen molar-refractivity contribution in [3.05, 3.63) is 35.9 Å². The van der Waals surface area contributed by atoms with Crippen molar-refractivity contribution < 1.29 is 0 Å². The lowest BCUT2D eigenvalue weighted by Crippen LogP contribution is -2.20. The molecule has 1 N–H and O–H groups in total. The Morgan fingerprint density at radius 3 is 2.57 bits per heavy atom. The van der Waals surface area contributed by atoms with Crippen LogP contribution in [0.15, 0.2) is 30.3 Å². The van der Waals surface area contributed by atoms with Gasteiger partial charge in [0.25, 0.3) is 0 Å². The summed E-state index contributed by atoms with van der Waals surface area (Å²) in [6, 6.07) is 10.7. The number of hydrogen-bond acceptors (Lipinski definition) is 1. The van der Waals surface area contributed by atoms with Crippen molar-refractivity contribution in [1.82, 2.24) is 5.32 Å². The lowest BCUT2D eigenvalue weighted by atomic mass is 10.0. The first-order valence-electron chi connectivity index (χ1n) is 5.57. The van der Waals surface area contributed by atoms with Crippen LogP contribution in [0.2, 0.25) is 0 Å². The predicted octanol–water partition coefficient (Wildman–Crippen LogP) is 2.86. The van der Waals surface area contributed by atoms with Crippen LogP contribution >= 0.6 is 0 Å². The molecule has 1 unspecified atom stereocenters. The largest absolute Gasteiger partial charge is 0.317 e. The smallest absolute Gasteiger partial charge is 0.00232 e. The van der Waals surface area contributed by atoms with Gasteiger partial charge < -0.3 is 5.32 Å². The molecule has 0 aliphatic heterocycles. The molecule has 1 aromatic rings. The maximum atomic E-state index is 3.38. The lowest BCUT2D eigenvalue weighted by molar-refractivity contribution is 0.489. The highest BCUT2D eigenvalue weighted by atomic mass is 14.8. The monoisotopic (exact) mass is 191 g/mol. The van der Waals surface area contributed by atoms with Crippen molar-refractivity contribution in [3.63, 3.8) is 0 Å². The van der Waals surface area contributed by atoms with E-state index in [0.717, 1.165) is 19.0 Å². The van der Waals surface area contributed by atoms with Crippen LogP contribution in [0.3, 0.4) is 0 Å². The normalized spacial score (nSPS) is 12.7. The molecule has 0 aliphatic carbocycles. The third-order valence-electron chi connectivity index (χ3n) is 2.51. The Labute approximate surface area is 87.5 Å². The fraction of sp³-hybridized carbons (Fsp3) is 0.538. The summed E-state index contributed by atoms with van der Waals surface area (Å²) in [4.78, 5) is 0. The highest BCUT2D eigenvalue weighted by Gasteiger charge is 2.01. The Kier molecular flexibility index (Phi) is 5.31. The Morgan fingerprint density at radius 1 is 1.21 bits per heavy atom. The quantitative estimate of drug-likeness (QED) is 0.729.